The Morgan fingerprint density at radius 2 is 1.96 bits per heavy atom. The SMILES string of the molecule is CCOc1cc(/C=C2\C(=O)NC(=O)N(c3cccc(C)c3)C2=O)cc(I)c1O. The van der Waals surface area contributed by atoms with Crippen LogP contribution in [0.1, 0.15) is 18.1 Å². The third-order valence-electron chi connectivity index (χ3n) is 4.02. The molecule has 0 aliphatic carbocycles. The summed E-state index contributed by atoms with van der Waals surface area (Å²) in [5, 5.41) is 12.3. The molecule has 0 saturated carbocycles. The topological polar surface area (TPSA) is 95.9 Å². The van der Waals surface area contributed by atoms with Gasteiger partial charge in [0, 0.05) is 0 Å². The number of imide groups is 2. The van der Waals surface area contributed by atoms with Crippen molar-refractivity contribution in [3.05, 3.63) is 56.7 Å². The van der Waals surface area contributed by atoms with Crippen molar-refractivity contribution >= 4 is 52.2 Å². The molecule has 0 radical (unpaired) electrons. The van der Waals surface area contributed by atoms with Gasteiger partial charge in [0.1, 0.15) is 5.57 Å². The lowest BCUT2D eigenvalue weighted by Gasteiger charge is -2.26. The second kappa shape index (κ2) is 8.01. The van der Waals surface area contributed by atoms with Crippen LogP contribution in [0.2, 0.25) is 0 Å². The number of amides is 4. The minimum Gasteiger partial charge on any atom is -0.504 e. The summed E-state index contributed by atoms with van der Waals surface area (Å²) in [5.41, 5.74) is 1.54. The summed E-state index contributed by atoms with van der Waals surface area (Å²) in [6, 6.07) is 9.21. The molecule has 0 spiro atoms. The van der Waals surface area contributed by atoms with Crippen molar-refractivity contribution in [3.63, 3.8) is 0 Å². The number of phenols is 1. The van der Waals surface area contributed by atoms with E-state index in [0.717, 1.165) is 10.5 Å². The van der Waals surface area contributed by atoms with E-state index in [2.05, 4.69) is 5.32 Å². The van der Waals surface area contributed by atoms with Crippen LogP contribution >= 0.6 is 22.6 Å². The molecule has 2 aromatic rings. The first-order chi connectivity index (χ1) is 13.3. The van der Waals surface area contributed by atoms with Gasteiger partial charge in [-0.05, 0) is 77.9 Å². The molecule has 0 unspecified atom stereocenters. The van der Waals surface area contributed by atoms with E-state index in [1.807, 2.05) is 35.6 Å². The van der Waals surface area contributed by atoms with Gasteiger partial charge in [0.2, 0.25) is 0 Å². The average Bonchev–Trinajstić information content (AvgIpc) is 2.63. The van der Waals surface area contributed by atoms with E-state index < -0.39 is 17.8 Å². The maximum Gasteiger partial charge on any atom is 0.335 e. The van der Waals surface area contributed by atoms with Crippen molar-refractivity contribution in [2.75, 3.05) is 11.5 Å². The van der Waals surface area contributed by atoms with Crippen molar-refractivity contribution < 1.29 is 24.2 Å². The van der Waals surface area contributed by atoms with E-state index in [1.54, 1.807) is 31.2 Å². The maximum atomic E-state index is 12.9. The molecular weight excluding hydrogens is 475 g/mol. The minimum absolute atomic E-state index is 0.0133. The fourth-order valence-electron chi connectivity index (χ4n) is 2.77. The quantitative estimate of drug-likeness (QED) is 0.388. The van der Waals surface area contributed by atoms with Crippen molar-refractivity contribution in [1.29, 1.82) is 0 Å². The monoisotopic (exact) mass is 492 g/mol. The third kappa shape index (κ3) is 3.86. The van der Waals surface area contributed by atoms with Crippen LogP contribution < -0.4 is 15.0 Å². The van der Waals surface area contributed by atoms with Crippen LogP contribution in [-0.4, -0.2) is 29.6 Å². The lowest BCUT2D eigenvalue weighted by atomic mass is 10.1. The summed E-state index contributed by atoms with van der Waals surface area (Å²) >= 11 is 1.93. The van der Waals surface area contributed by atoms with Gasteiger partial charge in [-0.25, -0.2) is 9.69 Å². The normalized spacial score (nSPS) is 15.8. The molecule has 4 amide bonds. The van der Waals surface area contributed by atoms with Crippen LogP contribution in [0.25, 0.3) is 6.08 Å². The average molecular weight is 492 g/mol. The van der Waals surface area contributed by atoms with Crippen LogP contribution in [0.4, 0.5) is 10.5 Å². The first-order valence-electron chi connectivity index (χ1n) is 8.45. The standard InChI is InChI=1S/C20H17IN2O5/c1-3-28-16-10-12(9-15(21)17(16)24)8-14-18(25)22-20(27)23(19(14)26)13-6-4-5-11(2)7-13/h4-10,24H,3H2,1-2H3,(H,22,25,27)/b14-8+. The van der Waals surface area contributed by atoms with Gasteiger partial charge >= 0.3 is 6.03 Å². The number of urea groups is 1. The number of nitrogens with one attached hydrogen (secondary N) is 1. The highest BCUT2D eigenvalue weighted by Crippen LogP contribution is 2.34. The Morgan fingerprint density at radius 3 is 2.64 bits per heavy atom. The minimum atomic E-state index is -0.798. The Bertz CT molecular complexity index is 1020. The molecule has 0 bridgehead atoms. The summed E-state index contributed by atoms with van der Waals surface area (Å²) in [6.45, 7) is 3.96. The maximum absolute atomic E-state index is 12.9. The smallest absolute Gasteiger partial charge is 0.335 e. The lowest BCUT2D eigenvalue weighted by molar-refractivity contribution is -0.122. The highest BCUT2D eigenvalue weighted by Gasteiger charge is 2.36. The van der Waals surface area contributed by atoms with Gasteiger partial charge in [-0.3, -0.25) is 14.9 Å². The van der Waals surface area contributed by atoms with Crippen molar-refractivity contribution in [3.8, 4) is 11.5 Å². The van der Waals surface area contributed by atoms with Gasteiger partial charge in [0.15, 0.2) is 11.5 Å². The number of carbonyl (C=O) groups excluding carboxylic acids is 3. The number of aryl methyl sites for hydroxylation is 1. The zero-order chi connectivity index (χ0) is 20.4. The van der Waals surface area contributed by atoms with E-state index in [4.69, 9.17) is 4.74 Å². The van der Waals surface area contributed by atoms with Gasteiger partial charge in [-0.1, -0.05) is 12.1 Å². The number of hydrogen-bond acceptors (Lipinski definition) is 5. The number of barbiturate groups is 1. The van der Waals surface area contributed by atoms with Gasteiger partial charge in [0.25, 0.3) is 11.8 Å². The van der Waals surface area contributed by atoms with Gasteiger partial charge in [-0.2, -0.15) is 0 Å². The predicted octanol–water partition coefficient (Wildman–Crippen LogP) is 3.37. The van der Waals surface area contributed by atoms with Crippen LogP contribution in [0, 0.1) is 10.5 Å². The molecule has 1 fully saturated rings. The largest absolute Gasteiger partial charge is 0.504 e. The fourth-order valence-corrected chi connectivity index (χ4v) is 3.39. The van der Waals surface area contributed by atoms with Gasteiger partial charge in [-0.15, -0.1) is 0 Å². The van der Waals surface area contributed by atoms with Gasteiger partial charge < -0.3 is 9.84 Å². The number of rotatable bonds is 4. The number of halogens is 1. The molecule has 1 aliphatic rings. The van der Waals surface area contributed by atoms with E-state index in [-0.39, 0.29) is 17.1 Å². The Labute approximate surface area is 175 Å². The summed E-state index contributed by atoms with van der Waals surface area (Å²) < 4.78 is 5.89. The van der Waals surface area contributed by atoms with E-state index in [9.17, 15) is 19.5 Å². The molecule has 7 nitrogen and oxygen atoms in total. The summed E-state index contributed by atoms with van der Waals surface area (Å²) in [5.74, 6) is -1.27. The van der Waals surface area contributed by atoms with Crippen LogP contribution in [0.15, 0.2) is 42.0 Å². The third-order valence-corrected chi connectivity index (χ3v) is 4.85. The lowest BCUT2D eigenvalue weighted by Crippen LogP contribution is -2.54. The molecule has 2 aromatic carbocycles. The van der Waals surface area contributed by atoms with Crippen molar-refractivity contribution in [2.45, 2.75) is 13.8 Å². The molecule has 1 saturated heterocycles. The Kier molecular flexibility index (Phi) is 5.68. The Hall–Kier alpha value is -2.88. The molecule has 1 heterocycles. The van der Waals surface area contributed by atoms with E-state index in [1.165, 1.54) is 12.1 Å². The van der Waals surface area contributed by atoms with Crippen molar-refractivity contribution in [1.82, 2.24) is 5.32 Å². The Morgan fingerprint density at radius 1 is 1.21 bits per heavy atom. The molecule has 2 N–H and O–H groups in total. The van der Waals surface area contributed by atoms with Crippen molar-refractivity contribution in [2.24, 2.45) is 0 Å². The Balaban J connectivity index is 2.04. The number of aromatic hydroxyl groups is 1. The first kappa shape index (κ1) is 19.9. The number of anilines is 1. The number of ether oxygens (including phenoxy) is 1. The number of nitrogens with zero attached hydrogens (tertiary/aromatic N) is 1. The molecule has 8 heteroatoms. The predicted molar refractivity (Wildman–Crippen MR) is 112 cm³/mol. The molecular formula is C20H17IN2O5. The first-order valence-corrected chi connectivity index (χ1v) is 9.53. The van der Waals surface area contributed by atoms with E-state index in [0.29, 0.717) is 21.4 Å². The fraction of sp³-hybridized carbons (Fsp3) is 0.150. The number of phenolic OH excluding ortho intramolecular Hbond substituents is 1. The zero-order valence-corrected chi connectivity index (χ0v) is 17.3. The highest BCUT2D eigenvalue weighted by molar-refractivity contribution is 14.1. The molecule has 3 rings (SSSR count). The van der Waals surface area contributed by atoms with Crippen LogP contribution in [0.5, 0.6) is 11.5 Å². The summed E-state index contributed by atoms with van der Waals surface area (Å²) in [6.07, 6.45) is 1.37. The number of benzene rings is 2. The zero-order valence-electron chi connectivity index (χ0n) is 15.2. The van der Waals surface area contributed by atoms with E-state index >= 15 is 0 Å². The molecule has 1 aliphatic heterocycles. The second-order valence-electron chi connectivity index (χ2n) is 6.08. The van der Waals surface area contributed by atoms with Crippen LogP contribution in [-0.2, 0) is 9.59 Å². The highest BCUT2D eigenvalue weighted by atomic mass is 127. The van der Waals surface area contributed by atoms with Gasteiger partial charge in [0.05, 0.1) is 15.9 Å². The number of carbonyl (C=O) groups is 3. The number of hydrogen-bond donors (Lipinski definition) is 2. The summed E-state index contributed by atoms with van der Waals surface area (Å²) in [4.78, 5) is 38.4. The van der Waals surface area contributed by atoms with Crippen LogP contribution in [0.3, 0.4) is 0 Å². The second-order valence-corrected chi connectivity index (χ2v) is 7.24. The summed E-state index contributed by atoms with van der Waals surface area (Å²) in [7, 11) is 0. The molecule has 0 aromatic heterocycles. The molecule has 0 atom stereocenters. The molecule has 28 heavy (non-hydrogen) atoms. The molecule has 144 valence electrons.